The van der Waals surface area contributed by atoms with Crippen LogP contribution in [0.5, 0.6) is 11.6 Å². The second-order valence-corrected chi connectivity index (χ2v) is 4.35. The highest BCUT2D eigenvalue weighted by Gasteiger charge is 2.18. The number of halogens is 3. The lowest BCUT2D eigenvalue weighted by Crippen LogP contribution is -2.06. The second kappa shape index (κ2) is 6.02. The van der Waals surface area contributed by atoms with E-state index in [0.29, 0.717) is 0 Å². The second-order valence-electron chi connectivity index (χ2n) is 3.55. The Kier molecular flexibility index (Phi) is 4.36. The van der Waals surface area contributed by atoms with Crippen LogP contribution in [0.4, 0.5) is 4.39 Å². The maximum absolute atomic E-state index is 13.2. The summed E-state index contributed by atoms with van der Waals surface area (Å²) in [7, 11) is 1.19. The third kappa shape index (κ3) is 3.15. The molecular formula is C12H7Cl2FN2O3. The fourth-order valence-electron chi connectivity index (χ4n) is 1.35. The summed E-state index contributed by atoms with van der Waals surface area (Å²) in [6.07, 6.45) is 0. The van der Waals surface area contributed by atoms with Crippen molar-refractivity contribution in [3.63, 3.8) is 0 Å². The number of methoxy groups -OCH3 is 1. The first-order valence-corrected chi connectivity index (χ1v) is 6.01. The van der Waals surface area contributed by atoms with Crippen molar-refractivity contribution in [3.05, 3.63) is 45.8 Å². The molecule has 1 heterocycles. The lowest BCUT2D eigenvalue weighted by Gasteiger charge is -2.09. The van der Waals surface area contributed by atoms with Gasteiger partial charge in [0.1, 0.15) is 11.4 Å². The standard InChI is InChI=1S/C12H7Cl2FN2O3/c1-19-12(18)7-5-10(14)16-17-11(7)20-9-4-6(15)2-3-8(9)13/h2-5H,1H3. The fourth-order valence-corrected chi connectivity index (χ4v) is 1.65. The molecule has 0 bridgehead atoms. The van der Waals surface area contributed by atoms with Crippen LogP contribution < -0.4 is 4.74 Å². The van der Waals surface area contributed by atoms with Gasteiger partial charge >= 0.3 is 5.97 Å². The van der Waals surface area contributed by atoms with Gasteiger partial charge < -0.3 is 9.47 Å². The van der Waals surface area contributed by atoms with Gasteiger partial charge in [-0.2, -0.15) is 0 Å². The zero-order valence-corrected chi connectivity index (χ0v) is 11.6. The number of aromatic nitrogens is 2. The molecule has 0 saturated carbocycles. The molecule has 0 amide bonds. The monoisotopic (exact) mass is 316 g/mol. The van der Waals surface area contributed by atoms with Gasteiger partial charge in [0.15, 0.2) is 10.9 Å². The SMILES string of the molecule is COC(=O)c1cc(Cl)nnc1Oc1cc(F)ccc1Cl. The van der Waals surface area contributed by atoms with E-state index in [0.717, 1.165) is 6.07 Å². The number of benzene rings is 1. The third-order valence-corrected chi connectivity index (χ3v) is 2.73. The van der Waals surface area contributed by atoms with Crippen molar-refractivity contribution in [3.8, 4) is 11.6 Å². The van der Waals surface area contributed by atoms with Crippen molar-refractivity contribution in [2.75, 3.05) is 7.11 Å². The molecule has 1 aromatic carbocycles. The van der Waals surface area contributed by atoms with Crippen molar-refractivity contribution in [2.45, 2.75) is 0 Å². The molecule has 20 heavy (non-hydrogen) atoms. The van der Waals surface area contributed by atoms with Gasteiger partial charge in [-0.25, -0.2) is 9.18 Å². The summed E-state index contributed by atoms with van der Waals surface area (Å²) in [5.41, 5.74) is -0.0483. The maximum atomic E-state index is 13.2. The molecule has 0 aliphatic carbocycles. The zero-order valence-electron chi connectivity index (χ0n) is 10.1. The third-order valence-electron chi connectivity index (χ3n) is 2.24. The molecular weight excluding hydrogens is 310 g/mol. The molecule has 0 aliphatic rings. The van der Waals surface area contributed by atoms with E-state index in [1.54, 1.807) is 0 Å². The van der Waals surface area contributed by atoms with Crippen LogP contribution in [0.25, 0.3) is 0 Å². The van der Waals surface area contributed by atoms with E-state index in [9.17, 15) is 9.18 Å². The number of carbonyl (C=O) groups is 1. The van der Waals surface area contributed by atoms with E-state index in [2.05, 4.69) is 14.9 Å². The molecule has 0 radical (unpaired) electrons. The highest BCUT2D eigenvalue weighted by atomic mass is 35.5. The minimum absolute atomic E-state index is 0.00607. The Morgan fingerprint density at radius 1 is 1.25 bits per heavy atom. The zero-order chi connectivity index (χ0) is 14.7. The van der Waals surface area contributed by atoms with Crippen molar-refractivity contribution < 1.29 is 18.7 Å². The largest absolute Gasteiger partial charge is 0.465 e. The molecule has 0 spiro atoms. The maximum Gasteiger partial charge on any atom is 0.343 e. The Bertz CT molecular complexity index is 667. The van der Waals surface area contributed by atoms with Crippen molar-refractivity contribution in [2.24, 2.45) is 0 Å². The Balaban J connectivity index is 2.43. The molecule has 0 N–H and O–H groups in total. The number of hydrogen-bond acceptors (Lipinski definition) is 5. The summed E-state index contributed by atoms with van der Waals surface area (Å²) >= 11 is 11.5. The Hall–Kier alpha value is -1.92. The van der Waals surface area contributed by atoms with Crippen LogP contribution >= 0.6 is 23.2 Å². The van der Waals surface area contributed by atoms with Crippen LogP contribution in [0.1, 0.15) is 10.4 Å². The number of ether oxygens (including phenoxy) is 2. The predicted octanol–water partition coefficient (Wildman–Crippen LogP) is 3.50. The van der Waals surface area contributed by atoms with Crippen LogP contribution in [0.2, 0.25) is 10.2 Å². The first kappa shape index (κ1) is 14.5. The summed E-state index contributed by atoms with van der Waals surface area (Å²) in [4.78, 5) is 11.6. The van der Waals surface area contributed by atoms with Crippen LogP contribution in [0.15, 0.2) is 24.3 Å². The summed E-state index contributed by atoms with van der Waals surface area (Å²) in [5.74, 6) is -1.46. The summed E-state index contributed by atoms with van der Waals surface area (Å²) < 4.78 is 23.0. The van der Waals surface area contributed by atoms with Gasteiger partial charge in [-0.15, -0.1) is 10.2 Å². The van der Waals surface area contributed by atoms with Crippen LogP contribution in [0, 0.1) is 5.82 Å². The first-order valence-electron chi connectivity index (χ1n) is 5.25. The van der Waals surface area contributed by atoms with Crippen LogP contribution in [-0.2, 0) is 4.74 Å². The van der Waals surface area contributed by atoms with Crippen molar-refractivity contribution in [1.29, 1.82) is 0 Å². The lowest BCUT2D eigenvalue weighted by molar-refractivity contribution is 0.0596. The predicted molar refractivity (Wildman–Crippen MR) is 69.9 cm³/mol. The molecule has 0 unspecified atom stereocenters. The van der Waals surface area contributed by atoms with Crippen molar-refractivity contribution >= 4 is 29.2 Å². The molecule has 0 fully saturated rings. The smallest absolute Gasteiger partial charge is 0.343 e. The fraction of sp³-hybridized carbons (Fsp3) is 0.0833. The minimum atomic E-state index is -0.718. The Morgan fingerprint density at radius 2 is 2.00 bits per heavy atom. The molecule has 104 valence electrons. The molecule has 2 aromatic rings. The Morgan fingerprint density at radius 3 is 2.70 bits per heavy atom. The van der Waals surface area contributed by atoms with E-state index in [-0.39, 0.29) is 27.4 Å². The van der Waals surface area contributed by atoms with Gasteiger partial charge in [-0.05, 0) is 18.2 Å². The van der Waals surface area contributed by atoms with E-state index in [4.69, 9.17) is 27.9 Å². The summed E-state index contributed by atoms with van der Waals surface area (Å²) in [6.45, 7) is 0. The van der Waals surface area contributed by atoms with Gasteiger partial charge in [0.2, 0.25) is 0 Å². The van der Waals surface area contributed by atoms with Gasteiger partial charge in [0.05, 0.1) is 12.1 Å². The van der Waals surface area contributed by atoms with E-state index in [1.807, 2.05) is 0 Å². The molecule has 1 aromatic heterocycles. The molecule has 0 saturated heterocycles. The first-order chi connectivity index (χ1) is 9.51. The normalized spacial score (nSPS) is 10.2. The summed E-state index contributed by atoms with van der Waals surface area (Å²) in [5, 5.41) is 7.32. The quantitative estimate of drug-likeness (QED) is 0.811. The van der Waals surface area contributed by atoms with Gasteiger partial charge in [0, 0.05) is 6.07 Å². The van der Waals surface area contributed by atoms with Crippen LogP contribution in [0.3, 0.4) is 0 Å². The number of carbonyl (C=O) groups excluding carboxylic acids is 1. The molecule has 0 atom stereocenters. The highest BCUT2D eigenvalue weighted by molar-refractivity contribution is 6.32. The van der Waals surface area contributed by atoms with Crippen LogP contribution in [-0.4, -0.2) is 23.3 Å². The lowest BCUT2D eigenvalue weighted by atomic mass is 10.3. The molecule has 0 aliphatic heterocycles. The number of nitrogens with zero attached hydrogens (tertiary/aromatic N) is 2. The van der Waals surface area contributed by atoms with E-state index >= 15 is 0 Å². The Labute approximate surface area is 123 Å². The van der Waals surface area contributed by atoms with Gasteiger partial charge in [-0.1, -0.05) is 23.2 Å². The average Bonchev–Trinajstić information content (AvgIpc) is 2.43. The topological polar surface area (TPSA) is 61.3 Å². The van der Waals surface area contributed by atoms with Gasteiger partial charge in [-0.3, -0.25) is 0 Å². The number of esters is 1. The minimum Gasteiger partial charge on any atom is -0.465 e. The van der Waals surface area contributed by atoms with Gasteiger partial charge in [0.25, 0.3) is 5.88 Å². The number of hydrogen-bond donors (Lipinski definition) is 0. The molecule has 5 nitrogen and oxygen atoms in total. The van der Waals surface area contributed by atoms with E-state index in [1.165, 1.54) is 25.3 Å². The average molecular weight is 317 g/mol. The van der Waals surface area contributed by atoms with Crippen molar-refractivity contribution in [1.82, 2.24) is 10.2 Å². The molecule has 2 rings (SSSR count). The molecule has 8 heteroatoms. The summed E-state index contributed by atoms with van der Waals surface area (Å²) in [6, 6.07) is 4.76. The number of rotatable bonds is 3. The van der Waals surface area contributed by atoms with E-state index < -0.39 is 11.8 Å². The highest BCUT2D eigenvalue weighted by Crippen LogP contribution is 2.31.